The minimum atomic E-state index is -0.491. The molecule has 1 heterocycles. The predicted octanol–water partition coefficient (Wildman–Crippen LogP) is 1.11. The smallest absolute Gasteiger partial charge is 0.326 e. The van der Waals surface area contributed by atoms with E-state index in [9.17, 15) is 9.59 Å². The van der Waals surface area contributed by atoms with Crippen LogP contribution in [0, 0.1) is 0 Å². The van der Waals surface area contributed by atoms with Crippen molar-refractivity contribution >= 4 is 17.0 Å². The lowest BCUT2D eigenvalue weighted by atomic mass is 10.1. The van der Waals surface area contributed by atoms with Gasteiger partial charge in [-0.3, -0.25) is 14.2 Å². The summed E-state index contributed by atoms with van der Waals surface area (Å²) in [5.41, 5.74) is 2.33. The summed E-state index contributed by atoms with van der Waals surface area (Å²) in [5.74, 6) is -0.491. The molecule has 0 fully saturated rings. The lowest BCUT2D eigenvalue weighted by Crippen LogP contribution is -2.31. The molecule has 3 rings (SSSR count). The first kappa shape index (κ1) is 19.7. The maximum atomic E-state index is 13.0. The number of para-hydroxylation sites is 2. The molecule has 146 valence electrons. The number of aliphatic hydroxyl groups is 1. The van der Waals surface area contributed by atoms with Crippen LogP contribution in [-0.4, -0.2) is 46.9 Å². The molecule has 0 saturated heterocycles. The van der Waals surface area contributed by atoms with E-state index in [0.717, 1.165) is 5.56 Å². The number of nitrogens with one attached hydrogen (secondary N) is 1. The summed E-state index contributed by atoms with van der Waals surface area (Å²) >= 11 is 0. The van der Waals surface area contributed by atoms with Crippen molar-refractivity contribution in [2.45, 2.75) is 13.0 Å². The molecule has 0 aliphatic heterocycles. The van der Waals surface area contributed by atoms with Crippen molar-refractivity contribution in [1.82, 2.24) is 14.9 Å². The largest absolute Gasteiger partial charge is 0.463 e. The van der Waals surface area contributed by atoms with E-state index in [0.29, 0.717) is 36.2 Å². The molecule has 0 unspecified atom stereocenters. The molecule has 0 bridgehead atoms. The highest BCUT2D eigenvalue weighted by Gasteiger charge is 2.14. The lowest BCUT2D eigenvalue weighted by Gasteiger charge is -2.12. The molecular formula is C21H23N3O4. The van der Waals surface area contributed by atoms with Gasteiger partial charge in [-0.05, 0) is 17.7 Å². The first-order valence-electron chi connectivity index (χ1n) is 9.18. The molecule has 7 heteroatoms. The number of hydrogen-bond donors (Lipinski definition) is 2. The highest BCUT2D eigenvalue weighted by molar-refractivity contribution is 5.77. The van der Waals surface area contributed by atoms with E-state index in [1.165, 1.54) is 4.57 Å². The SMILES string of the molecule is O=C(Cn1c(=O)c(Cc2ccccc2)nc2ccccc21)OCCNCCO. The number of rotatable bonds is 9. The number of esters is 1. The fourth-order valence-corrected chi connectivity index (χ4v) is 2.92. The summed E-state index contributed by atoms with van der Waals surface area (Å²) in [6.07, 6.45) is 0.393. The van der Waals surface area contributed by atoms with E-state index in [1.54, 1.807) is 12.1 Å². The van der Waals surface area contributed by atoms with Gasteiger partial charge in [0.05, 0.1) is 17.6 Å². The van der Waals surface area contributed by atoms with Crippen molar-refractivity contribution in [2.75, 3.05) is 26.3 Å². The summed E-state index contributed by atoms with van der Waals surface area (Å²) in [6.45, 7) is 0.903. The Labute approximate surface area is 162 Å². The molecule has 2 aromatic carbocycles. The fourth-order valence-electron chi connectivity index (χ4n) is 2.92. The number of ether oxygens (including phenoxy) is 1. The summed E-state index contributed by atoms with van der Waals surface area (Å²) in [7, 11) is 0. The number of nitrogens with zero attached hydrogens (tertiary/aromatic N) is 2. The van der Waals surface area contributed by atoms with Gasteiger partial charge >= 0.3 is 5.97 Å². The van der Waals surface area contributed by atoms with Gasteiger partial charge in [0.15, 0.2) is 0 Å². The van der Waals surface area contributed by atoms with Crippen LogP contribution in [0.2, 0.25) is 0 Å². The van der Waals surface area contributed by atoms with Crippen LogP contribution in [0.1, 0.15) is 11.3 Å². The molecular weight excluding hydrogens is 358 g/mol. The third-order valence-corrected chi connectivity index (χ3v) is 4.25. The molecule has 28 heavy (non-hydrogen) atoms. The van der Waals surface area contributed by atoms with Crippen molar-refractivity contribution < 1.29 is 14.6 Å². The first-order chi connectivity index (χ1) is 13.7. The van der Waals surface area contributed by atoms with Crippen LogP contribution in [0.5, 0.6) is 0 Å². The second kappa shape index (κ2) is 9.77. The number of carbonyl (C=O) groups is 1. The van der Waals surface area contributed by atoms with Gasteiger partial charge in [0, 0.05) is 19.5 Å². The normalized spacial score (nSPS) is 10.9. The molecule has 3 aromatic rings. The highest BCUT2D eigenvalue weighted by atomic mass is 16.5. The summed E-state index contributed by atoms with van der Waals surface area (Å²) in [5, 5.41) is 11.6. The second-order valence-corrected chi connectivity index (χ2v) is 6.29. The zero-order valence-electron chi connectivity index (χ0n) is 15.5. The standard InChI is InChI=1S/C21H23N3O4/c25-12-10-22-11-13-28-20(26)15-24-19-9-5-4-8-17(19)23-18(21(24)27)14-16-6-2-1-3-7-16/h1-9,22,25H,10-15H2. The van der Waals surface area contributed by atoms with Crippen molar-refractivity contribution in [3.8, 4) is 0 Å². The molecule has 0 aliphatic rings. The Morgan fingerprint density at radius 3 is 2.61 bits per heavy atom. The summed E-state index contributed by atoms with van der Waals surface area (Å²) < 4.78 is 6.61. The zero-order valence-corrected chi connectivity index (χ0v) is 15.5. The number of aliphatic hydroxyl groups excluding tert-OH is 1. The molecule has 7 nitrogen and oxygen atoms in total. The second-order valence-electron chi connectivity index (χ2n) is 6.29. The molecule has 0 aliphatic carbocycles. The van der Waals surface area contributed by atoms with Crippen LogP contribution >= 0.6 is 0 Å². The Bertz CT molecular complexity index is 986. The molecule has 0 amide bonds. The highest BCUT2D eigenvalue weighted by Crippen LogP contribution is 2.12. The predicted molar refractivity (Wildman–Crippen MR) is 106 cm³/mol. The van der Waals surface area contributed by atoms with Crippen LogP contribution in [0.3, 0.4) is 0 Å². The third-order valence-electron chi connectivity index (χ3n) is 4.25. The van der Waals surface area contributed by atoms with E-state index in [4.69, 9.17) is 9.84 Å². The lowest BCUT2D eigenvalue weighted by molar-refractivity contribution is -0.144. The van der Waals surface area contributed by atoms with Crippen LogP contribution in [0.25, 0.3) is 11.0 Å². The van der Waals surface area contributed by atoms with Crippen molar-refractivity contribution in [3.63, 3.8) is 0 Å². The van der Waals surface area contributed by atoms with E-state index in [1.807, 2.05) is 42.5 Å². The Balaban J connectivity index is 1.83. The molecule has 2 N–H and O–H groups in total. The van der Waals surface area contributed by atoms with E-state index < -0.39 is 5.97 Å². The molecule has 0 spiro atoms. The average Bonchev–Trinajstić information content (AvgIpc) is 2.71. The maximum Gasteiger partial charge on any atom is 0.326 e. The maximum absolute atomic E-state index is 13.0. The fraction of sp³-hybridized carbons (Fsp3) is 0.286. The van der Waals surface area contributed by atoms with E-state index >= 15 is 0 Å². The topological polar surface area (TPSA) is 93.5 Å². The van der Waals surface area contributed by atoms with Crippen LogP contribution in [0.15, 0.2) is 59.4 Å². The quantitative estimate of drug-likeness (QED) is 0.426. The van der Waals surface area contributed by atoms with E-state index in [-0.39, 0.29) is 25.3 Å². The Hall–Kier alpha value is -3.03. The summed E-state index contributed by atoms with van der Waals surface area (Å²) in [6, 6.07) is 16.9. The minimum Gasteiger partial charge on any atom is -0.463 e. The number of fused-ring (bicyclic) bond motifs is 1. The summed E-state index contributed by atoms with van der Waals surface area (Å²) in [4.78, 5) is 29.7. The van der Waals surface area contributed by atoms with Gasteiger partial charge in [-0.1, -0.05) is 42.5 Å². The third kappa shape index (κ3) is 5.03. The number of benzene rings is 2. The van der Waals surface area contributed by atoms with Crippen LogP contribution < -0.4 is 10.9 Å². The van der Waals surface area contributed by atoms with Gasteiger partial charge in [-0.25, -0.2) is 4.98 Å². The van der Waals surface area contributed by atoms with Crippen molar-refractivity contribution in [1.29, 1.82) is 0 Å². The monoisotopic (exact) mass is 381 g/mol. The Kier molecular flexibility index (Phi) is 6.89. The van der Waals surface area contributed by atoms with Gasteiger partial charge < -0.3 is 15.2 Å². The van der Waals surface area contributed by atoms with Crippen LogP contribution in [-0.2, 0) is 22.5 Å². The average molecular weight is 381 g/mol. The van der Waals surface area contributed by atoms with Crippen LogP contribution in [0.4, 0.5) is 0 Å². The molecule has 0 radical (unpaired) electrons. The Morgan fingerprint density at radius 2 is 1.82 bits per heavy atom. The van der Waals surface area contributed by atoms with Crippen molar-refractivity contribution in [3.05, 3.63) is 76.2 Å². The molecule has 0 atom stereocenters. The van der Waals surface area contributed by atoms with E-state index in [2.05, 4.69) is 10.3 Å². The number of aromatic nitrogens is 2. The van der Waals surface area contributed by atoms with Crippen molar-refractivity contribution in [2.24, 2.45) is 0 Å². The minimum absolute atomic E-state index is 0.0243. The zero-order chi connectivity index (χ0) is 19.8. The first-order valence-corrected chi connectivity index (χ1v) is 9.18. The van der Waals surface area contributed by atoms with Gasteiger partial charge in [-0.2, -0.15) is 0 Å². The number of hydrogen-bond acceptors (Lipinski definition) is 6. The Morgan fingerprint density at radius 1 is 1.07 bits per heavy atom. The van der Waals surface area contributed by atoms with Gasteiger partial charge in [0.25, 0.3) is 5.56 Å². The van der Waals surface area contributed by atoms with Gasteiger partial charge in [-0.15, -0.1) is 0 Å². The number of carbonyl (C=O) groups excluding carboxylic acids is 1. The molecule has 0 saturated carbocycles. The van der Waals surface area contributed by atoms with Gasteiger partial charge in [0.1, 0.15) is 18.8 Å². The van der Waals surface area contributed by atoms with Gasteiger partial charge in [0.2, 0.25) is 0 Å². The molecule has 1 aromatic heterocycles.